The molecular weight excluding hydrogens is 512 g/mol. The Morgan fingerprint density at radius 3 is 2.88 bits per heavy atom. The third kappa shape index (κ3) is 8.03. The minimum Gasteiger partial charge on any atom is -0.493 e. The quantitative estimate of drug-likeness (QED) is 0.197. The summed E-state index contributed by atoms with van der Waals surface area (Å²) in [5, 5.41) is 9.76. The van der Waals surface area contributed by atoms with Crippen molar-refractivity contribution in [2.75, 3.05) is 36.1 Å². The summed E-state index contributed by atoms with van der Waals surface area (Å²) in [7, 11) is 2.10. The number of benzene rings is 3. The van der Waals surface area contributed by atoms with Gasteiger partial charge in [-0.1, -0.05) is 43.0 Å². The van der Waals surface area contributed by atoms with E-state index in [0.29, 0.717) is 19.1 Å². The maximum atomic E-state index is 11.7. The minimum atomic E-state index is -0.234. The Morgan fingerprint density at radius 2 is 1.98 bits per heavy atom. The van der Waals surface area contributed by atoms with Crippen LogP contribution in [0.3, 0.4) is 0 Å². The van der Waals surface area contributed by atoms with Crippen LogP contribution in [0, 0.1) is 0 Å². The standard InChI is InChI=1S/C33H34N6O2/c1-3-32(40)36-27-11-7-9-24(17-27)22-35-28-18-25-19-29(21-28)37-33-34-14-13-31(38-33)26-10-8-12-30(20-26)41-16-6-4-5-15-39(2)23-25/h3-5,7-14,17-21,35H,1,6,15-16,22-23H2,2H3,(H,36,40)(H,34,37,38)/b5-4+. The lowest BCUT2D eigenvalue weighted by atomic mass is 10.1. The van der Waals surface area contributed by atoms with E-state index < -0.39 is 0 Å². The van der Waals surface area contributed by atoms with Crippen molar-refractivity contribution in [2.24, 2.45) is 0 Å². The van der Waals surface area contributed by atoms with Crippen molar-refractivity contribution in [3.05, 3.63) is 115 Å². The fraction of sp³-hybridized carbons (Fsp3) is 0.182. The SMILES string of the molecule is C=CC(=O)Nc1cccc(CNc2cc3cc(c2)Nc2nccc(n2)-c2cccc(c2)OCC/C=C/CN(C)C3)c1. The van der Waals surface area contributed by atoms with Gasteiger partial charge in [-0.25, -0.2) is 9.97 Å². The highest BCUT2D eigenvalue weighted by Gasteiger charge is 2.09. The zero-order chi connectivity index (χ0) is 28.4. The van der Waals surface area contributed by atoms with E-state index >= 15 is 0 Å². The van der Waals surface area contributed by atoms with Crippen LogP contribution in [0.4, 0.5) is 23.0 Å². The molecule has 1 aliphatic rings. The molecule has 5 rings (SSSR count). The maximum absolute atomic E-state index is 11.7. The van der Waals surface area contributed by atoms with Gasteiger partial charge in [0.1, 0.15) is 5.75 Å². The molecule has 0 aliphatic carbocycles. The van der Waals surface area contributed by atoms with Gasteiger partial charge in [0.2, 0.25) is 11.9 Å². The number of fused-ring (bicyclic) bond motifs is 7. The Morgan fingerprint density at radius 1 is 1.07 bits per heavy atom. The fourth-order valence-electron chi connectivity index (χ4n) is 4.56. The summed E-state index contributed by atoms with van der Waals surface area (Å²) in [6.07, 6.45) is 8.20. The summed E-state index contributed by atoms with van der Waals surface area (Å²) >= 11 is 0. The molecule has 0 fully saturated rings. The van der Waals surface area contributed by atoms with Crippen molar-refractivity contribution < 1.29 is 9.53 Å². The van der Waals surface area contributed by atoms with Crippen LogP contribution in [0.25, 0.3) is 11.3 Å². The van der Waals surface area contributed by atoms with Gasteiger partial charge in [-0.2, -0.15) is 0 Å². The number of likely N-dealkylation sites (N-methyl/N-ethyl adjacent to an activating group) is 1. The van der Waals surface area contributed by atoms with Gasteiger partial charge in [-0.05, 0) is 79.2 Å². The van der Waals surface area contributed by atoms with Crippen LogP contribution in [0.2, 0.25) is 0 Å². The number of rotatable bonds is 5. The van der Waals surface area contributed by atoms with Crippen LogP contribution >= 0.6 is 0 Å². The van der Waals surface area contributed by atoms with Crippen molar-refractivity contribution in [1.29, 1.82) is 0 Å². The first-order valence-electron chi connectivity index (χ1n) is 13.6. The molecule has 41 heavy (non-hydrogen) atoms. The van der Waals surface area contributed by atoms with Crippen molar-refractivity contribution in [2.45, 2.75) is 19.5 Å². The maximum Gasteiger partial charge on any atom is 0.247 e. The van der Waals surface area contributed by atoms with Gasteiger partial charge >= 0.3 is 0 Å². The third-order valence-corrected chi connectivity index (χ3v) is 6.50. The van der Waals surface area contributed by atoms with Gasteiger partial charge in [0.05, 0.1) is 12.3 Å². The summed E-state index contributed by atoms with van der Waals surface area (Å²) in [6.45, 7) is 6.30. The second-order valence-corrected chi connectivity index (χ2v) is 9.89. The molecule has 1 aromatic heterocycles. The van der Waals surface area contributed by atoms with Gasteiger partial charge in [0.15, 0.2) is 0 Å². The second-order valence-electron chi connectivity index (χ2n) is 9.89. The van der Waals surface area contributed by atoms with E-state index in [-0.39, 0.29) is 5.91 Å². The molecule has 8 heteroatoms. The molecule has 208 valence electrons. The third-order valence-electron chi connectivity index (χ3n) is 6.50. The van der Waals surface area contributed by atoms with E-state index in [1.807, 2.05) is 54.6 Å². The largest absolute Gasteiger partial charge is 0.493 e. The molecule has 0 atom stereocenters. The highest BCUT2D eigenvalue weighted by molar-refractivity contribution is 5.98. The van der Waals surface area contributed by atoms with E-state index in [2.05, 4.69) is 69.8 Å². The summed E-state index contributed by atoms with van der Waals surface area (Å²) in [5.41, 5.74) is 6.54. The van der Waals surface area contributed by atoms with Crippen LogP contribution in [-0.2, 0) is 17.9 Å². The lowest BCUT2D eigenvalue weighted by molar-refractivity contribution is -0.111. The zero-order valence-corrected chi connectivity index (χ0v) is 23.1. The number of ether oxygens (including phenoxy) is 1. The summed E-state index contributed by atoms with van der Waals surface area (Å²) in [6, 6.07) is 24.0. The molecule has 2 heterocycles. The molecule has 3 aromatic carbocycles. The van der Waals surface area contributed by atoms with Crippen LogP contribution in [0.15, 0.2) is 104 Å². The predicted octanol–water partition coefficient (Wildman–Crippen LogP) is 6.39. The zero-order valence-electron chi connectivity index (χ0n) is 23.1. The number of carbonyl (C=O) groups excluding carboxylic acids is 1. The van der Waals surface area contributed by atoms with Gasteiger partial charge in [0.25, 0.3) is 0 Å². The topological polar surface area (TPSA) is 91.4 Å². The lowest BCUT2D eigenvalue weighted by Crippen LogP contribution is -2.18. The van der Waals surface area contributed by atoms with Gasteiger partial charge in [0, 0.05) is 48.5 Å². The first-order valence-corrected chi connectivity index (χ1v) is 13.6. The molecule has 0 saturated heterocycles. The molecule has 1 amide bonds. The van der Waals surface area contributed by atoms with E-state index in [9.17, 15) is 4.79 Å². The average molecular weight is 547 g/mol. The molecule has 0 spiro atoms. The Kier molecular flexibility index (Phi) is 9.03. The van der Waals surface area contributed by atoms with E-state index in [1.54, 1.807) is 6.20 Å². The minimum absolute atomic E-state index is 0.234. The predicted molar refractivity (Wildman–Crippen MR) is 165 cm³/mol. The summed E-state index contributed by atoms with van der Waals surface area (Å²) in [5.74, 6) is 1.10. The van der Waals surface area contributed by atoms with Gasteiger partial charge in [-0.3, -0.25) is 9.69 Å². The summed E-state index contributed by atoms with van der Waals surface area (Å²) < 4.78 is 5.97. The highest BCUT2D eigenvalue weighted by atomic mass is 16.5. The monoisotopic (exact) mass is 546 g/mol. The van der Waals surface area contributed by atoms with Gasteiger partial charge < -0.3 is 20.7 Å². The number of anilines is 4. The van der Waals surface area contributed by atoms with Crippen molar-refractivity contribution in [3.8, 4) is 17.0 Å². The van der Waals surface area contributed by atoms with Crippen molar-refractivity contribution in [3.63, 3.8) is 0 Å². The van der Waals surface area contributed by atoms with E-state index in [1.165, 1.54) is 6.08 Å². The van der Waals surface area contributed by atoms with Crippen LogP contribution < -0.4 is 20.7 Å². The highest BCUT2D eigenvalue weighted by Crippen LogP contribution is 2.26. The Hall–Kier alpha value is -4.95. The first-order chi connectivity index (χ1) is 20.0. The van der Waals surface area contributed by atoms with Crippen molar-refractivity contribution in [1.82, 2.24) is 14.9 Å². The van der Waals surface area contributed by atoms with Crippen LogP contribution in [-0.4, -0.2) is 41.0 Å². The number of nitrogens with one attached hydrogen (secondary N) is 3. The molecule has 0 unspecified atom stereocenters. The molecule has 0 saturated carbocycles. The number of nitrogens with zero attached hydrogens (tertiary/aromatic N) is 3. The molecule has 0 radical (unpaired) electrons. The number of amides is 1. The van der Waals surface area contributed by atoms with E-state index in [0.717, 1.165) is 64.7 Å². The van der Waals surface area contributed by atoms with E-state index in [4.69, 9.17) is 9.72 Å². The normalized spacial score (nSPS) is 14.4. The number of carbonyl (C=O) groups is 1. The smallest absolute Gasteiger partial charge is 0.247 e. The van der Waals surface area contributed by atoms with Crippen molar-refractivity contribution >= 4 is 28.9 Å². The molecule has 8 nitrogen and oxygen atoms in total. The van der Waals surface area contributed by atoms with Gasteiger partial charge in [-0.15, -0.1) is 0 Å². The van der Waals surface area contributed by atoms with Crippen LogP contribution in [0.1, 0.15) is 17.5 Å². The molecular formula is C33H34N6O2. The molecule has 6 bridgehead atoms. The average Bonchev–Trinajstić information content (AvgIpc) is 2.98. The molecule has 1 aliphatic heterocycles. The number of hydrogen-bond donors (Lipinski definition) is 3. The number of aromatic nitrogens is 2. The molecule has 4 aromatic rings. The lowest BCUT2D eigenvalue weighted by Gasteiger charge is -2.18. The Balaban J connectivity index is 1.42. The molecule has 3 N–H and O–H groups in total. The number of hydrogen-bond acceptors (Lipinski definition) is 7. The summed E-state index contributed by atoms with van der Waals surface area (Å²) in [4.78, 5) is 23.2. The first kappa shape index (κ1) is 27.6. The fourth-order valence-corrected chi connectivity index (χ4v) is 4.56. The second kappa shape index (κ2) is 13.4. The van der Waals surface area contributed by atoms with Crippen LogP contribution in [0.5, 0.6) is 5.75 Å². The Labute approximate surface area is 240 Å². The Bertz CT molecular complexity index is 1550.